The highest BCUT2D eigenvalue weighted by atomic mass is 16.5. The molecule has 4 aliphatic heterocycles. The molecule has 6 heteroatoms. The number of para-hydroxylation sites is 1. The van der Waals surface area contributed by atoms with E-state index in [1.54, 1.807) is 4.90 Å². The quantitative estimate of drug-likeness (QED) is 0.577. The van der Waals surface area contributed by atoms with Gasteiger partial charge >= 0.3 is 5.97 Å². The van der Waals surface area contributed by atoms with E-state index >= 15 is 0 Å². The monoisotopic (exact) mass is 356 g/mol. The molecule has 6 nitrogen and oxygen atoms in total. The number of fused-ring (bicyclic) bond motifs is 4. The van der Waals surface area contributed by atoms with E-state index in [0.29, 0.717) is 18.4 Å². The Morgan fingerprint density at radius 1 is 1.35 bits per heavy atom. The van der Waals surface area contributed by atoms with Crippen molar-refractivity contribution >= 4 is 11.7 Å². The summed E-state index contributed by atoms with van der Waals surface area (Å²) in [7, 11) is 1.39. The number of carbonyl (C=O) groups excluding carboxylic acids is 1. The Kier molecular flexibility index (Phi) is 3.19. The second kappa shape index (κ2) is 5.09. The zero-order chi connectivity index (χ0) is 18.3. The van der Waals surface area contributed by atoms with Crippen molar-refractivity contribution in [3.05, 3.63) is 41.5 Å². The summed E-state index contributed by atoms with van der Waals surface area (Å²) in [6.07, 6.45) is 3.16. The molecule has 138 valence electrons. The molecule has 0 aliphatic carbocycles. The number of allylic oxidation sites excluding steroid dienone is 1. The van der Waals surface area contributed by atoms with Gasteiger partial charge in [-0.2, -0.15) is 0 Å². The van der Waals surface area contributed by atoms with Crippen LogP contribution in [0.5, 0.6) is 0 Å². The zero-order valence-electron chi connectivity index (χ0n) is 15.1. The summed E-state index contributed by atoms with van der Waals surface area (Å²) in [5, 5.41) is 23.6. The molecule has 5 atom stereocenters. The van der Waals surface area contributed by atoms with Crippen LogP contribution in [0.3, 0.4) is 0 Å². The van der Waals surface area contributed by atoms with Gasteiger partial charge < -0.3 is 19.8 Å². The summed E-state index contributed by atoms with van der Waals surface area (Å²) >= 11 is 0. The molecule has 0 radical (unpaired) electrons. The molecule has 3 fully saturated rings. The van der Waals surface area contributed by atoms with Gasteiger partial charge in [0.1, 0.15) is 11.6 Å². The van der Waals surface area contributed by atoms with Crippen LogP contribution in [0.2, 0.25) is 0 Å². The highest BCUT2D eigenvalue weighted by molar-refractivity contribution is 5.85. The molecule has 2 N–H and O–H groups in total. The molecule has 1 aromatic carbocycles. The SMILES string of the molecule is C/C=C1/CN2CC[C@]3(O)c4ccccc4N4[C@H](C(=O)OC)[C@H]1C[C@H]2[C@]43O. The smallest absolute Gasteiger partial charge is 0.329 e. The van der Waals surface area contributed by atoms with Crippen LogP contribution < -0.4 is 4.90 Å². The number of benzene rings is 1. The number of piperidine rings is 3. The van der Waals surface area contributed by atoms with Crippen LogP contribution in [0, 0.1) is 5.92 Å². The van der Waals surface area contributed by atoms with Gasteiger partial charge in [-0.15, -0.1) is 0 Å². The topological polar surface area (TPSA) is 73.2 Å². The third-order valence-electron chi connectivity index (χ3n) is 7.06. The lowest BCUT2D eigenvalue weighted by molar-refractivity contribution is -0.236. The van der Waals surface area contributed by atoms with Gasteiger partial charge in [0, 0.05) is 30.3 Å². The second-order valence-corrected chi connectivity index (χ2v) is 7.88. The third-order valence-corrected chi connectivity index (χ3v) is 7.06. The first-order valence-electron chi connectivity index (χ1n) is 9.28. The Bertz CT molecular complexity index is 824. The van der Waals surface area contributed by atoms with Gasteiger partial charge in [-0.3, -0.25) is 4.90 Å². The van der Waals surface area contributed by atoms with Crippen molar-refractivity contribution in [3.63, 3.8) is 0 Å². The van der Waals surface area contributed by atoms with E-state index in [2.05, 4.69) is 11.0 Å². The highest BCUT2D eigenvalue weighted by Crippen LogP contribution is 2.61. The molecule has 5 rings (SSSR count). The first-order chi connectivity index (χ1) is 12.5. The van der Waals surface area contributed by atoms with E-state index in [0.717, 1.165) is 18.8 Å². The van der Waals surface area contributed by atoms with Crippen LogP contribution in [0.1, 0.15) is 25.3 Å². The molecule has 4 heterocycles. The number of hydrogen-bond acceptors (Lipinski definition) is 6. The Hall–Kier alpha value is -1.89. The van der Waals surface area contributed by atoms with Crippen molar-refractivity contribution in [2.75, 3.05) is 25.1 Å². The fourth-order valence-corrected chi connectivity index (χ4v) is 5.90. The Morgan fingerprint density at radius 3 is 2.85 bits per heavy atom. The van der Waals surface area contributed by atoms with Gasteiger partial charge in [0.25, 0.3) is 0 Å². The molecule has 0 unspecified atom stereocenters. The molecule has 0 saturated carbocycles. The lowest BCUT2D eigenvalue weighted by Crippen LogP contribution is -2.80. The summed E-state index contributed by atoms with van der Waals surface area (Å²) < 4.78 is 5.14. The molecule has 0 spiro atoms. The summed E-state index contributed by atoms with van der Waals surface area (Å²) in [5.74, 6) is -0.387. The summed E-state index contributed by atoms with van der Waals surface area (Å²) in [6.45, 7) is 3.45. The molecule has 3 saturated heterocycles. The first-order valence-corrected chi connectivity index (χ1v) is 9.28. The number of anilines is 1. The maximum atomic E-state index is 12.8. The van der Waals surface area contributed by atoms with Crippen LogP contribution in [-0.4, -0.2) is 59.1 Å². The van der Waals surface area contributed by atoms with Gasteiger partial charge in [-0.05, 0) is 25.8 Å². The first kappa shape index (κ1) is 16.3. The standard InChI is InChI=1S/C20H24N2O4/c1-3-12-11-21-9-8-19(24)14-6-4-5-7-15(14)22-17(18(23)26-2)13(12)10-16(21)20(19,22)25/h3-7,13,16-17,24-25H,8-11H2,1-2H3/b12-3-/t13-,16-,17-,19-,20+/m0/s1. The van der Waals surface area contributed by atoms with Crippen molar-refractivity contribution < 1.29 is 19.7 Å². The maximum Gasteiger partial charge on any atom is 0.329 e. The number of esters is 1. The average molecular weight is 356 g/mol. The lowest BCUT2D eigenvalue weighted by atomic mass is 9.65. The Morgan fingerprint density at radius 2 is 2.12 bits per heavy atom. The predicted molar refractivity (Wildman–Crippen MR) is 95.4 cm³/mol. The van der Waals surface area contributed by atoms with E-state index in [1.807, 2.05) is 31.2 Å². The Labute approximate surface area is 152 Å². The largest absolute Gasteiger partial charge is 0.467 e. The zero-order valence-corrected chi connectivity index (χ0v) is 15.1. The minimum absolute atomic E-state index is 0.0255. The Balaban J connectivity index is 1.80. The van der Waals surface area contributed by atoms with E-state index in [4.69, 9.17) is 4.74 Å². The fraction of sp³-hybridized carbons (Fsp3) is 0.550. The fourth-order valence-electron chi connectivity index (χ4n) is 5.90. The van der Waals surface area contributed by atoms with E-state index in [-0.39, 0.29) is 17.9 Å². The van der Waals surface area contributed by atoms with Crippen LogP contribution >= 0.6 is 0 Å². The number of nitrogens with zero attached hydrogens (tertiary/aromatic N) is 2. The molecule has 0 aromatic heterocycles. The average Bonchev–Trinajstić information content (AvgIpc) is 2.86. The molecule has 26 heavy (non-hydrogen) atoms. The number of hydrogen-bond donors (Lipinski definition) is 2. The number of aliphatic hydroxyl groups is 2. The number of rotatable bonds is 1. The van der Waals surface area contributed by atoms with E-state index < -0.39 is 17.4 Å². The molecule has 0 amide bonds. The number of carbonyl (C=O) groups is 1. The summed E-state index contributed by atoms with van der Waals surface area (Å²) in [4.78, 5) is 16.9. The highest BCUT2D eigenvalue weighted by Gasteiger charge is 2.73. The summed E-state index contributed by atoms with van der Waals surface area (Å²) in [5.41, 5.74) is -0.250. The number of methoxy groups -OCH3 is 1. The van der Waals surface area contributed by atoms with E-state index in [1.165, 1.54) is 12.7 Å². The summed E-state index contributed by atoms with van der Waals surface area (Å²) in [6, 6.07) is 6.67. The second-order valence-electron chi connectivity index (χ2n) is 7.88. The van der Waals surface area contributed by atoms with Gasteiger partial charge in [0.2, 0.25) is 0 Å². The van der Waals surface area contributed by atoms with Crippen LogP contribution in [0.25, 0.3) is 0 Å². The van der Waals surface area contributed by atoms with Crippen LogP contribution in [0.4, 0.5) is 5.69 Å². The van der Waals surface area contributed by atoms with Crippen molar-refractivity contribution in [1.82, 2.24) is 4.90 Å². The predicted octanol–water partition coefficient (Wildman–Crippen LogP) is 0.978. The van der Waals surface area contributed by atoms with Gasteiger partial charge in [0.15, 0.2) is 5.72 Å². The molecular formula is C20H24N2O4. The molecular weight excluding hydrogens is 332 g/mol. The maximum absolute atomic E-state index is 12.8. The minimum atomic E-state index is -1.52. The van der Waals surface area contributed by atoms with Crippen molar-refractivity contribution in [1.29, 1.82) is 0 Å². The normalized spacial score (nSPS) is 41.9. The van der Waals surface area contributed by atoms with E-state index in [9.17, 15) is 15.0 Å². The van der Waals surface area contributed by atoms with Gasteiger partial charge in [-0.1, -0.05) is 29.8 Å². The molecule has 2 bridgehead atoms. The molecule has 4 aliphatic rings. The van der Waals surface area contributed by atoms with Gasteiger partial charge in [0.05, 0.1) is 13.2 Å². The van der Waals surface area contributed by atoms with Crippen LogP contribution in [-0.2, 0) is 15.1 Å². The van der Waals surface area contributed by atoms with Crippen LogP contribution in [0.15, 0.2) is 35.9 Å². The number of ether oxygens (including phenoxy) is 1. The lowest BCUT2D eigenvalue weighted by Gasteiger charge is -2.63. The van der Waals surface area contributed by atoms with Crippen molar-refractivity contribution in [3.8, 4) is 0 Å². The molecule has 1 aromatic rings. The minimum Gasteiger partial charge on any atom is -0.467 e. The van der Waals surface area contributed by atoms with Crippen molar-refractivity contribution in [2.24, 2.45) is 5.92 Å². The third kappa shape index (κ3) is 1.61. The van der Waals surface area contributed by atoms with Gasteiger partial charge in [-0.25, -0.2) is 4.79 Å². The van der Waals surface area contributed by atoms with Crippen molar-refractivity contribution in [2.45, 2.75) is 43.2 Å².